The van der Waals surface area contributed by atoms with Crippen LogP contribution in [0.4, 0.5) is 0 Å². The zero-order valence-electron chi connectivity index (χ0n) is 11.7. The van der Waals surface area contributed by atoms with Gasteiger partial charge in [-0.25, -0.2) is 0 Å². The monoisotopic (exact) mass is 267 g/mol. The number of hydrogen-bond donors (Lipinski definition) is 0. The van der Waals surface area contributed by atoms with Crippen LogP contribution < -0.4 is 0 Å². The van der Waals surface area contributed by atoms with Crippen LogP contribution in [0.5, 0.6) is 0 Å². The number of nitrogens with zero attached hydrogens (tertiary/aromatic N) is 3. The van der Waals surface area contributed by atoms with Gasteiger partial charge in [-0.1, -0.05) is 30.3 Å². The van der Waals surface area contributed by atoms with Crippen LogP contribution in [0.2, 0.25) is 0 Å². The molecule has 0 fully saturated rings. The highest BCUT2D eigenvalue weighted by Gasteiger charge is 2.37. The summed E-state index contributed by atoms with van der Waals surface area (Å²) in [7, 11) is 1.85. The minimum atomic E-state index is -1.07. The third kappa shape index (κ3) is 2.62. The highest BCUT2D eigenvalue weighted by molar-refractivity contribution is 5.91. The molecule has 0 aliphatic heterocycles. The van der Waals surface area contributed by atoms with Crippen molar-refractivity contribution in [3.05, 3.63) is 53.9 Å². The number of carbonyl (C=O) groups excluding carboxylic acids is 1. The number of rotatable bonds is 5. The second-order valence-corrected chi connectivity index (χ2v) is 4.96. The SMILES string of the molecule is CC(=O)C(C#N)(CCc1cnn(C)c1)c1ccccc1. The highest BCUT2D eigenvalue weighted by Crippen LogP contribution is 2.30. The molecule has 1 aromatic heterocycles. The van der Waals surface area contributed by atoms with E-state index in [1.54, 1.807) is 10.9 Å². The lowest BCUT2D eigenvalue weighted by Crippen LogP contribution is -2.33. The van der Waals surface area contributed by atoms with E-state index in [1.165, 1.54) is 6.92 Å². The van der Waals surface area contributed by atoms with Gasteiger partial charge in [0, 0.05) is 13.2 Å². The Hall–Kier alpha value is -2.41. The Morgan fingerprint density at radius 1 is 1.40 bits per heavy atom. The molecule has 0 amide bonds. The topological polar surface area (TPSA) is 58.7 Å². The van der Waals surface area contributed by atoms with Crippen LogP contribution in [-0.2, 0) is 23.7 Å². The fourth-order valence-electron chi connectivity index (χ4n) is 2.38. The van der Waals surface area contributed by atoms with E-state index in [9.17, 15) is 10.1 Å². The molecule has 0 aliphatic rings. The second kappa shape index (κ2) is 5.70. The van der Waals surface area contributed by atoms with Crippen molar-refractivity contribution in [3.63, 3.8) is 0 Å². The van der Waals surface area contributed by atoms with Crippen molar-refractivity contribution in [1.82, 2.24) is 9.78 Å². The maximum Gasteiger partial charge on any atom is 0.154 e. The Balaban J connectivity index is 2.29. The maximum atomic E-state index is 12.1. The number of aromatic nitrogens is 2. The molecule has 0 saturated carbocycles. The molecule has 0 bridgehead atoms. The van der Waals surface area contributed by atoms with Gasteiger partial charge in [0.25, 0.3) is 0 Å². The first kappa shape index (κ1) is 14.0. The molecule has 0 N–H and O–H groups in total. The van der Waals surface area contributed by atoms with Crippen LogP contribution in [0.1, 0.15) is 24.5 Å². The summed E-state index contributed by atoms with van der Waals surface area (Å²) < 4.78 is 1.72. The average molecular weight is 267 g/mol. The van der Waals surface area contributed by atoms with Crippen LogP contribution in [0.15, 0.2) is 42.7 Å². The molecule has 0 aliphatic carbocycles. The number of Topliss-reactive ketones (excluding diaryl/α,β-unsaturated/α-hetero) is 1. The van der Waals surface area contributed by atoms with Crippen molar-refractivity contribution in [3.8, 4) is 6.07 Å². The van der Waals surface area contributed by atoms with Crippen LogP contribution in [0.25, 0.3) is 0 Å². The predicted molar refractivity (Wildman–Crippen MR) is 75.9 cm³/mol. The smallest absolute Gasteiger partial charge is 0.154 e. The van der Waals surface area contributed by atoms with E-state index < -0.39 is 5.41 Å². The molecule has 20 heavy (non-hydrogen) atoms. The summed E-state index contributed by atoms with van der Waals surface area (Å²) in [4.78, 5) is 12.1. The van der Waals surface area contributed by atoms with Gasteiger partial charge in [-0.15, -0.1) is 0 Å². The summed E-state index contributed by atoms with van der Waals surface area (Å²) in [5.41, 5.74) is 0.722. The Morgan fingerprint density at radius 3 is 2.60 bits per heavy atom. The van der Waals surface area contributed by atoms with Gasteiger partial charge in [-0.05, 0) is 30.9 Å². The first-order chi connectivity index (χ1) is 9.58. The molecule has 1 atom stereocenters. The summed E-state index contributed by atoms with van der Waals surface area (Å²) in [6.45, 7) is 1.49. The molecular formula is C16H17N3O. The number of aryl methyl sites for hydroxylation is 2. The molecule has 4 heteroatoms. The van der Waals surface area contributed by atoms with Gasteiger partial charge >= 0.3 is 0 Å². The first-order valence-corrected chi connectivity index (χ1v) is 6.54. The minimum absolute atomic E-state index is 0.116. The van der Waals surface area contributed by atoms with E-state index in [0.29, 0.717) is 12.8 Å². The van der Waals surface area contributed by atoms with Gasteiger partial charge in [-0.2, -0.15) is 10.4 Å². The normalized spacial score (nSPS) is 13.4. The van der Waals surface area contributed by atoms with Crippen molar-refractivity contribution < 1.29 is 4.79 Å². The number of hydrogen-bond acceptors (Lipinski definition) is 3. The highest BCUT2D eigenvalue weighted by atomic mass is 16.1. The summed E-state index contributed by atoms with van der Waals surface area (Å²) in [5.74, 6) is -0.116. The summed E-state index contributed by atoms with van der Waals surface area (Å²) in [6.07, 6.45) is 4.80. The Morgan fingerprint density at radius 2 is 2.10 bits per heavy atom. The summed E-state index contributed by atoms with van der Waals surface area (Å²) >= 11 is 0. The van der Waals surface area contributed by atoms with Crippen molar-refractivity contribution in [1.29, 1.82) is 5.26 Å². The van der Waals surface area contributed by atoms with E-state index in [0.717, 1.165) is 11.1 Å². The molecule has 102 valence electrons. The lowest BCUT2D eigenvalue weighted by atomic mass is 9.74. The van der Waals surface area contributed by atoms with Crippen molar-refractivity contribution in [2.45, 2.75) is 25.2 Å². The van der Waals surface area contributed by atoms with Gasteiger partial charge < -0.3 is 0 Å². The Bertz CT molecular complexity index is 639. The van der Waals surface area contributed by atoms with Gasteiger partial charge in [0.15, 0.2) is 5.78 Å². The second-order valence-electron chi connectivity index (χ2n) is 4.96. The molecular weight excluding hydrogens is 250 g/mol. The van der Waals surface area contributed by atoms with Crippen LogP contribution in [-0.4, -0.2) is 15.6 Å². The third-order valence-electron chi connectivity index (χ3n) is 3.61. The van der Waals surface area contributed by atoms with Gasteiger partial charge in [0.2, 0.25) is 0 Å². The van der Waals surface area contributed by atoms with Gasteiger partial charge in [-0.3, -0.25) is 9.48 Å². The molecule has 0 saturated heterocycles. The number of ketones is 1. The van der Waals surface area contributed by atoms with Crippen LogP contribution in [0.3, 0.4) is 0 Å². The third-order valence-corrected chi connectivity index (χ3v) is 3.61. The number of carbonyl (C=O) groups is 1. The summed E-state index contributed by atoms with van der Waals surface area (Å²) in [5, 5.41) is 13.7. The molecule has 1 heterocycles. The van der Waals surface area contributed by atoms with E-state index in [2.05, 4.69) is 11.2 Å². The fourth-order valence-corrected chi connectivity index (χ4v) is 2.38. The number of benzene rings is 1. The molecule has 0 spiro atoms. The maximum absolute atomic E-state index is 12.1. The molecule has 4 nitrogen and oxygen atoms in total. The van der Waals surface area contributed by atoms with E-state index in [-0.39, 0.29) is 5.78 Å². The van der Waals surface area contributed by atoms with Crippen molar-refractivity contribution in [2.24, 2.45) is 7.05 Å². The molecule has 1 aromatic carbocycles. The van der Waals surface area contributed by atoms with Crippen molar-refractivity contribution >= 4 is 5.78 Å². The van der Waals surface area contributed by atoms with E-state index >= 15 is 0 Å². The molecule has 2 aromatic rings. The zero-order chi connectivity index (χ0) is 14.6. The van der Waals surface area contributed by atoms with Gasteiger partial charge in [0.05, 0.1) is 12.3 Å². The largest absolute Gasteiger partial charge is 0.298 e. The Labute approximate surface area is 118 Å². The fraction of sp³-hybridized carbons (Fsp3) is 0.312. The lowest BCUT2D eigenvalue weighted by molar-refractivity contribution is -0.120. The molecule has 0 radical (unpaired) electrons. The van der Waals surface area contributed by atoms with E-state index in [1.807, 2.05) is 43.6 Å². The van der Waals surface area contributed by atoms with Gasteiger partial charge in [0.1, 0.15) is 5.41 Å². The van der Waals surface area contributed by atoms with Crippen molar-refractivity contribution in [2.75, 3.05) is 0 Å². The van der Waals surface area contributed by atoms with E-state index in [4.69, 9.17) is 0 Å². The Kier molecular flexibility index (Phi) is 3.99. The van der Waals surface area contributed by atoms with Crippen LogP contribution in [0, 0.1) is 11.3 Å². The standard InChI is InChI=1S/C16H17N3O/c1-13(20)16(12-17,15-6-4-3-5-7-15)9-8-14-10-18-19(2)11-14/h3-7,10-11H,8-9H2,1-2H3. The lowest BCUT2D eigenvalue weighted by Gasteiger charge is -2.24. The molecule has 2 rings (SSSR count). The average Bonchev–Trinajstić information content (AvgIpc) is 2.87. The summed E-state index contributed by atoms with van der Waals surface area (Å²) in [6, 6.07) is 11.5. The predicted octanol–water partition coefficient (Wildman–Crippen LogP) is 2.40. The number of nitriles is 1. The molecule has 1 unspecified atom stereocenters. The quantitative estimate of drug-likeness (QED) is 0.835. The first-order valence-electron chi connectivity index (χ1n) is 6.54. The van der Waals surface area contributed by atoms with Crippen LogP contribution >= 0.6 is 0 Å². The minimum Gasteiger partial charge on any atom is -0.298 e. The zero-order valence-corrected chi connectivity index (χ0v) is 11.7.